The van der Waals surface area contributed by atoms with E-state index >= 15 is 0 Å². The van der Waals surface area contributed by atoms with Crippen LogP contribution < -0.4 is 11.1 Å². The number of carbonyl (C=O) groups is 1. The number of hydrogen-bond donors (Lipinski definition) is 2. The lowest BCUT2D eigenvalue weighted by Crippen LogP contribution is -2.38. The Morgan fingerprint density at radius 1 is 1.39 bits per heavy atom. The van der Waals surface area contributed by atoms with E-state index in [1.807, 2.05) is 24.3 Å². The first-order chi connectivity index (χ1) is 8.18. The first-order valence-electron chi connectivity index (χ1n) is 5.95. The van der Waals surface area contributed by atoms with Gasteiger partial charge in [-0.05, 0) is 24.5 Å². The van der Waals surface area contributed by atoms with Crippen molar-refractivity contribution in [2.75, 3.05) is 0 Å². The normalized spacial score (nSPS) is 22.3. The summed E-state index contributed by atoms with van der Waals surface area (Å²) in [4.78, 5) is 11.9. The molecule has 3 nitrogen and oxygen atoms in total. The average molecular weight is 334 g/mol. The van der Waals surface area contributed by atoms with E-state index in [2.05, 4.69) is 21.2 Å². The van der Waals surface area contributed by atoms with Crippen LogP contribution in [-0.2, 0) is 11.3 Å². The third-order valence-electron chi connectivity index (χ3n) is 3.32. The van der Waals surface area contributed by atoms with Crippen LogP contribution in [0.2, 0.25) is 0 Å². The fourth-order valence-electron chi connectivity index (χ4n) is 2.27. The summed E-state index contributed by atoms with van der Waals surface area (Å²) in [6.07, 6.45) is 2.95. The van der Waals surface area contributed by atoms with Crippen molar-refractivity contribution in [2.45, 2.75) is 31.8 Å². The van der Waals surface area contributed by atoms with Crippen molar-refractivity contribution < 1.29 is 4.79 Å². The molecule has 1 aromatic rings. The number of hydrogen-bond acceptors (Lipinski definition) is 2. The highest BCUT2D eigenvalue weighted by Gasteiger charge is 2.29. The van der Waals surface area contributed by atoms with Crippen molar-refractivity contribution in [1.29, 1.82) is 0 Å². The molecule has 1 aliphatic carbocycles. The standard InChI is InChI=1S/C13H17BrN2O.ClH/c14-11-6-2-1-4-9(11)8-16-13(17)10-5-3-7-12(10)15;/h1-2,4,6,10,12H,3,5,7-8,15H2,(H,16,17);1H. The van der Waals surface area contributed by atoms with Crippen LogP contribution >= 0.6 is 28.3 Å². The molecule has 0 aliphatic heterocycles. The molecule has 1 amide bonds. The second-order valence-corrected chi connectivity index (χ2v) is 5.36. The summed E-state index contributed by atoms with van der Waals surface area (Å²) in [5.74, 6) is 0.0863. The van der Waals surface area contributed by atoms with Gasteiger partial charge in [-0.1, -0.05) is 40.5 Å². The van der Waals surface area contributed by atoms with Crippen molar-refractivity contribution in [3.05, 3.63) is 34.3 Å². The van der Waals surface area contributed by atoms with Crippen molar-refractivity contribution in [3.8, 4) is 0 Å². The zero-order valence-electron chi connectivity index (χ0n) is 10.1. The molecule has 1 aromatic carbocycles. The van der Waals surface area contributed by atoms with Gasteiger partial charge in [0.05, 0.1) is 5.92 Å². The zero-order valence-corrected chi connectivity index (χ0v) is 12.5. The quantitative estimate of drug-likeness (QED) is 0.893. The minimum atomic E-state index is -0.00233. The van der Waals surface area contributed by atoms with E-state index in [1.165, 1.54) is 0 Å². The Hall–Kier alpha value is -0.580. The van der Waals surface area contributed by atoms with E-state index in [9.17, 15) is 4.79 Å². The van der Waals surface area contributed by atoms with Crippen LogP contribution in [0.15, 0.2) is 28.7 Å². The van der Waals surface area contributed by atoms with E-state index in [4.69, 9.17) is 5.73 Å². The summed E-state index contributed by atoms with van der Waals surface area (Å²) in [6, 6.07) is 7.94. The van der Waals surface area contributed by atoms with Gasteiger partial charge in [0.1, 0.15) is 0 Å². The van der Waals surface area contributed by atoms with Crippen molar-refractivity contribution in [3.63, 3.8) is 0 Å². The highest BCUT2D eigenvalue weighted by atomic mass is 79.9. The topological polar surface area (TPSA) is 55.1 Å². The Morgan fingerprint density at radius 3 is 2.72 bits per heavy atom. The van der Waals surface area contributed by atoms with Gasteiger partial charge in [0.15, 0.2) is 0 Å². The van der Waals surface area contributed by atoms with Crippen LogP contribution in [0.1, 0.15) is 24.8 Å². The van der Waals surface area contributed by atoms with Gasteiger partial charge in [-0.2, -0.15) is 0 Å². The summed E-state index contributed by atoms with van der Waals surface area (Å²) in [7, 11) is 0. The maximum absolute atomic E-state index is 11.9. The average Bonchev–Trinajstić information content (AvgIpc) is 2.74. The number of carbonyl (C=O) groups excluding carboxylic acids is 1. The minimum Gasteiger partial charge on any atom is -0.352 e. The number of nitrogens with two attached hydrogens (primary N) is 1. The largest absolute Gasteiger partial charge is 0.352 e. The number of rotatable bonds is 3. The Balaban J connectivity index is 0.00000162. The van der Waals surface area contributed by atoms with Gasteiger partial charge in [0.2, 0.25) is 5.91 Å². The molecule has 0 saturated heterocycles. The molecule has 2 rings (SSSR count). The van der Waals surface area contributed by atoms with E-state index < -0.39 is 0 Å². The molecule has 1 fully saturated rings. The van der Waals surface area contributed by atoms with Crippen molar-refractivity contribution in [2.24, 2.45) is 11.7 Å². The van der Waals surface area contributed by atoms with Gasteiger partial charge in [-0.25, -0.2) is 0 Å². The minimum absolute atomic E-state index is 0. The van der Waals surface area contributed by atoms with E-state index in [1.54, 1.807) is 0 Å². The third-order valence-corrected chi connectivity index (χ3v) is 4.09. The molecule has 2 unspecified atom stereocenters. The van der Waals surface area contributed by atoms with Gasteiger partial charge in [0, 0.05) is 17.1 Å². The highest BCUT2D eigenvalue weighted by Crippen LogP contribution is 2.24. The monoisotopic (exact) mass is 332 g/mol. The van der Waals surface area contributed by atoms with Gasteiger partial charge in [-0.3, -0.25) is 4.79 Å². The van der Waals surface area contributed by atoms with Crippen molar-refractivity contribution >= 4 is 34.2 Å². The summed E-state index contributed by atoms with van der Waals surface area (Å²) in [6.45, 7) is 0.559. The first kappa shape index (κ1) is 15.5. The fourth-order valence-corrected chi connectivity index (χ4v) is 2.69. The fraction of sp³-hybridized carbons (Fsp3) is 0.462. The zero-order chi connectivity index (χ0) is 12.3. The third kappa shape index (κ3) is 3.70. The molecule has 1 aliphatic rings. The maximum Gasteiger partial charge on any atom is 0.224 e. The van der Waals surface area contributed by atoms with E-state index in [0.29, 0.717) is 6.54 Å². The smallest absolute Gasteiger partial charge is 0.224 e. The van der Waals surface area contributed by atoms with Crippen molar-refractivity contribution in [1.82, 2.24) is 5.32 Å². The Kier molecular flexibility index (Phi) is 6.12. The molecule has 1 saturated carbocycles. The first-order valence-corrected chi connectivity index (χ1v) is 6.74. The highest BCUT2D eigenvalue weighted by molar-refractivity contribution is 9.10. The Morgan fingerprint density at radius 2 is 2.11 bits per heavy atom. The summed E-state index contributed by atoms with van der Waals surface area (Å²) in [5, 5.41) is 2.96. The van der Waals surface area contributed by atoms with E-state index in [0.717, 1.165) is 29.3 Å². The predicted molar refractivity (Wildman–Crippen MR) is 78.6 cm³/mol. The Bertz CT molecular complexity index is 414. The molecular formula is C13H18BrClN2O. The molecule has 0 radical (unpaired) electrons. The van der Waals surface area contributed by atoms with Crippen LogP contribution in [0.25, 0.3) is 0 Å². The maximum atomic E-state index is 11.9. The van der Waals surface area contributed by atoms with Crippen LogP contribution in [0.3, 0.4) is 0 Å². The summed E-state index contributed by atoms with van der Waals surface area (Å²) in [5.41, 5.74) is 7.00. The van der Waals surface area contributed by atoms with Gasteiger partial charge in [0.25, 0.3) is 0 Å². The molecule has 0 spiro atoms. The lowest BCUT2D eigenvalue weighted by Gasteiger charge is -2.15. The van der Waals surface area contributed by atoms with E-state index in [-0.39, 0.29) is 30.3 Å². The summed E-state index contributed by atoms with van der Waals surface area (Å²) >= 11 is 3.47. The molecule has 3 N–H and O–H groups in total. The SMILES string of the molecule is Cl.NC1CCCC1C(=O)NCc1ccccc1Br. The second kappa shape index (κ2) is 7.12. The molecule has 2 atom stereocenters. The lowest BCUT2D eigenvalue weighted by atomic mass is 10.0. The van der Waals surface area contributed by atoms with Gasteiger partial charge >= 0.3 is 0 Å². The predicted octanol–water partition coefficient (Wildman–Crippen LogP) is 2.61. The van der Waals surface area contributed by atoms with Crippen LogP contribution in [0, 0.1) is 5.92 Å². The van der Waals surface area contributed by atoms with Gasteiger partial charge in [-0.15, -0.1) is 12.4 Å². The molecule has 100 valence electrons. The molecule has 0 aromatic heterocycles. The number of halogens is 2. The van der Waals surface area contributed by atoms with Crippen LogP contribution in [0.5, 0.6) is 0 Å². The summed E-state index contributed by atoms with van der Waals surface area (Å²) < 4.78 is 1.02. The molecule has 0 heterocycles. The number of benzene rings is 1. The second-order valence-electron chi connectivity index (χ2n) is 4.51. The molecular weight excluding hydrogens is 316 g/mol. The Labute approximate surface area is 122 Å². The number of nitrogens with one attached hydrogen (secondary N) is 1. The van der Waals surface area contributed by atoms with Crippen LogP contribution in [0.4, 0.5) is 0 Å². The number of amides is 1. The molecule has 18 heavy (non-hydrogen) atoms. The lowest BCUT2D eigenvalue weighted by molar-refractivity contribution is -0.125. The van der Waals surface area contributed by atoms with Crippen LogP contribution in [-0.4, -0.2) is 11.9 Å². The van der Waals surface area contributed by atoms with Gasteiger partial charge < -0.3 is 11.1 Å². The molecule has 5 heteroatoms. The molecule has 0 bridgehead atoms.